The summed E-state index contributed by atoms with van der Waals surface area (Å²) in [6, 6.07) is 10.6. The van der Waals surface area contributed by atoms with E-state index >= 15 is 0 Å². The van der Waals surface area contributed by atoms with Gasteiger partial charge in [-0.25, -0.2) is 9.79 Å². The standard InChI is InChI=1S/C21H18N2O7S/c1-3-30-21(26)18-19(25)17(11-12-4-9-16(24)15(10-12)23(27)28)31-20(18)22-13-5-7-14(29-2)8-6-13/h4-11,24-25H,3H2,1-2H3/b17-11+,22-20?. The summed E-state index contributed by atoms with van der Waals surface area (Å²) < 4.78 is 10.2. The minimum absolute atomic E-state index is 0.0952. The fraction of sp³-hybridized carbons (Fsp3) is 0.143. The smallest absolute Gasteiger partial charge is 0.344 e. The first-order chi connectivity index (χ1) is 14.8. The van der Waals surface area contributed by atoms with Crippen LogP contribution in [0.3, 0.4) is 0 Å². The van der Waals surface area contributed by atoms with Crippen molar-refractivity contribution in [1.29, 1.82) is 0 Å². The van der Waals surface area contributed by atoms with Gasteiger partial charge in [-0.1, -0.05) is 17.8 Å². The maximum atomic E-state index is 12.4. The number of rotatable bonds is 6. The summed E-state index contributed by atoms with van der Waals surface area (Å²) in [5, 5.41) is 31.6. The highest BCUT2D eigenvalue weighted by Gasteiger charge is 2.33. The number of benzene rings is 2. The Kier molecular flexibility index (Phi) is 6.61. The van der Waals surface area contributed by atoms with E-state index in [-0.39, 0.29) is 27.9 Å². The maximum Gasteiger partial charge on any atom is 0.344 e. The Labute approximate surface area is 181 Å². The molecule has 1 heterocycles. The zero-order valence-corrected chi connectivity index (χ0v) is 17.4. The molecule has 9 nitrogen and oxygen atoms in total. The molecule has 0 amide bonds. The zero-order valence-electron chi connectivity index (χ0n) is 16.6. The van der Waals surface area contributed by atoms with E-state index in [1.54, 1.807) is 31.2 Å². The molecule has 0 spiro atoms. The van der Waals surface area contributed by atoms with Gasteiger partial charge in [-0.3, -0.25) is 10.1 Å². The minimum atomic E-state index is -0.736. The molecule has 3 rings (SSSR count). The van der Waals surface area contributed by atoms with E-state index in [2.05, 4.69) is 4.99 Å². The number of nitro groups is 1. The Balaban J connectivity index is 2.04. The molecule has 0 saturated carbocycles. The number of aliphatic hydroxyl groups is 1. The lowest BCUT2D eigenvalue weighted by molar-refractivity contribution is -0.385. The van der Waals surface area contributed by atoms with Crippen LogP contribution in [0, 0.1) is 10.1 Å². The molecule has 0 aromatic heterocycles. The van der Waals surface area contributed by atoms with Crippen LogP contribution in [0.4, 0.5) is 11.4 Å². The van der Waals surface area contributed by atoms with Gasteiger partial charge in [0, 0.05) is 6.07 Å². The number of esters is 1. The number of hydrogen-bond acceptors (Lipinski definition) is 9. The summed E-state index contributed by atoms with van der Waals surface area (Å²) in [5.74, 6) is -0.909. The predicted octanol–water partition coefficient (Wildman–Crippen LogP) is 4.50. The molecule has 0 unspecified atom stereocenters. The van der Waals surface area contributed by atoms with Crippen LogP contribution >= 0.6 is 11.8 Å². The quantitative estimate of drug-likeness (QED) is 0.380. The first-order valence-electron chi connectivity index (χ1n) is 9.04. The normalized spacial score (nSPS) is 16.1. The molecule has 1 aliphatic rings. The summed E-state index contributed by atoms with van der Waals surface area (Å²) in [5.41, 5.74) is 0.313. The summed E-state index contributed by atoms with van der Waals surface area (Å²) in [6.07, 6.45) is 1.46. The number of aliphatic imine (C=N–C) groups is 1. The summed E-state index contributed by atoms with van der Waals surface area (Å²) >= 11 is 1.02. The molecule has 0 radical (unpaired) electrons. The van der Waals surface area contributed by atoms with E-state index in [1.807, 2.05) is 0 Å². The van der Waals surface area contributed by atoms with E-state index in [4.69, 9.17) is 9.47 Å². The van der Waals surface area contributed by atoms with E-state index in [0.717, 1.165) is 11.8 Å². The van der Waals surface area contributed by atoms with Gasteiger partial charge < -0.3 is 19.7 Å². The van der Waals surface area contributed by atoms with Gasteiger partial charge in [-0.15, -0.1) is 0 Å². The minimum Gasteiger partial charge on any atom is -0.506 e. The lowest BCUT2D eigenvalue weighted by Crippen LogP contribution is -2.12. The number of thioether (sulfide) groups is 1. The van der Waals surface area contributed by atoms with Crippen molar-refractivity contribution < 1.29 is 29.4 Å². The number of carbonyl (C=O) groups is 1. The number of phenolic OH excluding ortho intramolecular Hbond substituents is 1. The molecule has 0 aliphatic carbocycles. The largest absolute Gasteiger partial charge is 0.506 e. The van der Waals surface area contributed by atoms with Gasteiger partial charge in [0.2, 0.25) is 0 Å². The van der Waals surface area contributed by atoms with Crippen molar-refractivity contribution in [2.45, 2.75) is 6.92 Å². The number of ether oxygens (including phenoxy) is 2. The van der Waals surface area contributed by atoms with Crippen molar-refractivity contribution in [2.24, 2.45) is 4.99 Å². The third kappa shape index (κ3) is 4.86. The van der Waals surface area contributed by atoms with Gasteiger partial charge >= 0.3 is 11.7 Å². The molecule has 1 aliphatic heterocycles. The van der Waals surface area contributed by atoms with Crippen molar-refractivity contribution >= 4 is 40.2 Å². The van der Waals surface area contributed by atoms with E-state index in [0.29, 0.717) is 17.0 Å². The van der Waals surface area contributed by atoms with Crippen molar-refractivity contribution in [3.8, 4) is 11.5 Å². The number of hydrogen-bond donors (Lipinski definition) is 2. The number of aliphatic hydroxyl groups excluding tert-OH is 1. The second kappa shape index (κ2) is 9.35. The van der Waals surface area contributed by atoms with Gasteiger partial charge in [0.15, 0.2) is 5.75 Å². The molecule has 2 aromatic carbocycles. The van der Waals surface area contributed by atoms with Crippen LogP contribution in [0.1, 0.15) is 12.5 Å². The Morgan fingerprint density at radius 2 is 1.94 bits per heavy atom. The molecule has 2 aromatic rings. The van der Waals surface area contributed by atoms with Crippen LogP contribution in [-0.2, 0) is 9.53 Å². The average molecular weight is 442 g/mol. The van der Waals surface area contributed by atoms with E-state index < -0.39 is 22.3 Å². The van der Waals surface area contributed by atoms with Gasteiger partial charge in [0.1, 0.15) is 22.1 Å². The molecule has 2 N–H and O–H groups in total. The first-order valence-corrected chi connectivity index (χ1v) is 9.86. The summed E-state index contributed by atoms with van der Waals surface area (Å²) in [4.78, 5) is 27.5. The highest BCUT2D eigenvalue weighted by Crippen LogP contribution is 2.41. The highest BCUT2D eigenvalue weighted by atomic mass is 32.2. The molecule has 160 valence electrons. The predicted molar refractivity (Wildman–Crippen MR) is 117 cm³/mol. The van der Waals surface area contributed by atoms with Crippen molar-refractivity contribution in [3.63, 3.8) is 0 Å². The van der Waals surface area contributed by atoms with Crippen LogP contribution in [0.2, 0.25) is 0 Å². The number of methoxy groups -OCH3 is 1. The second-order valence-corrected chi connectivity index (χ2v) is 7.21. The third-order valence-electron chi connectivity index (χ3n) is 4.17. The van der Waals surface area contributed by atoms with Gasteiger partial charge in [0.05, 0.1) is 29.2 Å². The van der Waals surface area contributed by atoms with Gasteiger partial charge in [-0.05, 0) is 48.9 Å². The topological polar surface area (TPSA) is 131 Å². The van der Waals surface area contributed by atoms with E-state index in [1.165, 1.54) is 31.4 Å². The molecular weight excluding hydrogens is 424 g/mol. The molecular formula is C21H18N2O7S. The average Bonchev–Trinajstić information content (AvgIpc) is 3.04. The number of aromatic hydroxyl groups is 1. The van der Waals surface area contributed by atoms with Crippen LogP contribution in [0.5, 0.6) is 11.5 Å². The lowest BCUT2D eigenvalue weighted by atomic mass is 10.1. The van der Waals surface area contributed by atoms with E-state index in [9.17, 15) is 25.1 Å². The maximum absolute atomic E-state index is 12.4. The Hall–Kier alpha value is -3.79. The molecule has 31 heavy (non-hydrogen) atoms. The first kappa shape index (κ1) is 21.9. The van der Waals surface area contributed by atoms with Crippen LogP contribution in [-0.4, -0.2) is 39.9 Å². The molecule has 10 heteroatoms. The molecule has 0 fully saturated rings. The third-order valence-corrected chi connectivity index (χ3v) is 5.19. The monoisotopic (exact) mass is 442 g/mol. The zero-order chi connectivity index (χ0) is 22.5. The number of carbonyl (C=O) groups excluding carboxylic acids is 1. The number of nitrogens with zero attached hydrogens (tertiary/aromatic N) is 2. The second-order valence-electron chi connectivity index (χ2n) is 6.17. The Morgan fingerprint density at radius 3 is 2.55 bits per heavy atom. The Bertz CT molecular complexity index is 1120. The lowest BCUT2D eigenvalue weighted by Gasteiger charge is -2.04. The molecule has 0 saturated heterocycles. The van der Waals surface area contributed by atoms with Crippen LogP contribution in [0.15, 0.2) is 63.7 Å². The SMILES string of the molecule is CCOC(=O)C1=C(O)/C(=C\c2ccc(O)c([N+](=O)[O-])c2)SC1=Nc1ccc(OC)cc1. The summed E-state index contributed by atoms with van der Waals surface area (Å²) in [6.45, 7) is 1.75. The van der Waals surface area contributed by atoms with Crippen LogP contribution < -0.4 is 4.74 Å². The fourth-order valence-corrected chi connectivity index (χ4v) is 3.73. The highest BCUT2D eigenvalue weighted by molar-refractivity contribution is 8.18. The number of nitro benzene ring substituents is 1. The molecule has 0 atom stereocenters. The van der Waals surface area contributed by atoms with Crippen molar-refractivity contribution in [3.05, 3.63) is 74.4 Å². The molecule has 0 bridgehead atoms. The van der Waals surface area contributed by atoms with Crippen molar-refractivity contribution in [2.75, 3.05) is 13.7 Å². The van der Waals surface area contributed by atoms with Gasteiger partial charge in [-0.2, -0.15) is 0 Å². The summed E-state index contributed by atoms with van der Waals surface area (Å²) in [7, 11) is 1.54. The van der Waals surface area contributed by atoms with Crippen LogP contribution in [0.25, 0.3) is 6.08 Å². The fourth-order valence-electron chi connectivity index (χ4n) is 2.69. The van der Waals surface area contributed by atoms with Crippen molar-refractivity contribution in [1.82, 2.24) is 0 Å². The number of phenols is 1. The van der Waals surface area contributed by atoms with Gasteiger partial charge in [0.25, 0.3) is 0 Å². The Morgan fingerprint density at radius 1 is 1.23 bits per heavy atom.